The summed E-state index contributed by atoms with van der Waals surface area (Å²) in [5.41, 5.74) is 6.73. The second kappa shape index (κ2) is 7.58. The van der Waals surface area contributed by atoms with Crippen LogP contribution in [0.5, 0.6) is 5.75 Å². The quantitative estimate of drug-likeness (QED) is 0.577. The van der Waals surface area contributed by atoms with Crippen molar-refractivity contribution >= 4 is 11.6 Å². The number of methoxy groups -OCH3 is 1. The minimum Gasteiger partial charge on any atom is -0.496 e. The van der Waals surface area contributed by atoms with Crippen molar-refractivity contribution in [2.24, 2.45) is 0 Å². The van der Waals surface area contributed by atoms with Crippen LogP contribution in [-0.2, 0) is 0 Å². The Balaban J connectivity index is 2.52. The molecule has 100 valence electrons. The molecule has 1 rings (SSSR count). The number of carbonyl (C=O) groups is 1. The Hall–Kier alpha value is -1.71. The van der Waals surface area contributed by atoms with Gasteiger partial charge in [0.05, 0.1) is 12.7 Å². The fourth-order valence-electron chi connectivity index (χ4n) is 1.75. The summed E-state index contributed by atoms with van der Waals surface area (Å²) in [6, 6.07) is 5.07. The van der Waals surface area contributed by atoms with Gasteiger partial charge in [-0.15, -0.1) is 0 Å². The highest BCUT2D eigenvalue weighted by Crippen LogP contribution is 2.20. The fraction of sp³-hybridized carbons (Fsp3) is 0.500. The maximum atomic E-state index is 12.0. The number of hydrogen-bond donors (Lipinski definition) is 2. The van der Waals surface area contributed by atoms with Crippen LogP contribution >= 0.6 is 0 Å². The predicted molar refractivity (Wildman–Crippen MR) is 73.9 cm³/mol. The molecule has 0 heterocycles. The lowest BCUT2D eigenvalue weighted by Gasteiger charge is -2.10. The molecule has 1 aromatic rings. The molecule has 0 aromatic heterocycles. The van der Waals surface area contributed by atoms with Gasteiger partial charge in [0.2, 0.25) is 0 Å². The summed E-state index contributed by atoms with van der Waals surface area (Å²) in [5, 5.41) is 2.89. The third-order valence-corrected chi connectivity index (χ3v) is 2.78. The number of nitrogens with one attached hydrogen (secondary N) is 1. The minimum atomic E-state index is -0.129. The summed E-state index contributed by atoms with van der Waals surface area (Å²) < 4.78 is 5.15. The summed E-state index contributed by atoms with van der Waals surface area (Å²) in [6.07, 6.45) is 4.55. The Labute approximate surface area is 109 Å². The minimum absolute atomic E-state index is 0.129. The van der Waals surface area contributed by atoms with Gasteiger partial charge in [-0.2, -0.15) is 0 Å². The van der Waals surface area contributed by atoms with Gasteiger partial charge >= 0.3 is 0 Å². The van der Waals surface area contributed by atoms with Crippen LogP contribution in [0.4, 0.5) is 5.69 Å². The standard InChI is InChI=1S/C14H22N2O2/c1-3-4-5-6-9-16-14(17)12-10-11(15)7-8-13(12)18-2/h7-8,10H,3-6,9,15H2,1-2H3,(H,16,17). The Bertz CT molecular complexity index is 391. The largest absolute Gasteiger partial charge is 0.496 e. The summed E-state index contributed by atoms with van der Waals surface area (Å²) in [7, 11) is 1.55. The first-order chi connectivity index (χ1) is 8.69. The molecule has 0 fully saturated rings. The lowest BCUT2D eigenvalue weighted by molar-refractivity contribution is 0.0950. The molecule has 3 N–H and O–H groups in total. The van der Waals surface area contributed by atoms with Gasteiger partial charge in [0.25, 0.3) is 5.91 Å². The summed E-state index contributed by atoms with van der Waals surface area (Å²) >= 11 is 0. The molecular formula is C14H22N2O2. The Morgan fingerprint density at radius 2 is 2.11 bits per heavy atom. The Kier molecular flexibility index (Phi) is 6.05. The van der Waals surface area contributed by atoms with E-state index in [1.165, 1.54) is 12.8 Å². The number of rotatable bonds is 7. The molecule has 0 radical (unpaired) electrons. The number of benzene rings is 1. The number of ether oxygens (including phenoxy) is 1. The zero-order valence-corrected chi connectivity index (χ0v) is 11.2. The van der Waals surface area contributed by atoms with Crippen molar-refractivity contribution in [3.8, 4) is 5.75 Å². The normalized spacial score (nSPS) is 10.1. The average molecular weight is 250 g/mol. The Morgan fingerprint density at radius 1 is 1.33 bits per heavy atom. The molecule has 0 spiro atoms. The van der Waals surface area contributed by atoms with Crippen molar-refractivity contribution < 1.29 is 9.53 Å². The first-order valence-corrected chi connectivity index (χ1v) is 6.40. The van der Waals surface area contributed by atoms with Gasteiger partial charge in [0.15, 0.2) is 0 Å². The first kappa shape index (κ1) is 14.4. The van der Waals surface area contributed by atoms with Gasteiger partial charge in [-0.1, -0.05) is 26.2 Å². The number of amides is 1. The van der Waals surface area contributed by atoms with E-state index >= 15 is 0 Å². The number of anilines is 1. The van der Waals surface area contributed by atoms with E-state index in [4.69, 9.17) is 10.5 Å². The van der Waals surface area contributed by atoms with E-state index in [1.54, 1.807) is 25.3 Å². The van der Waals surface area contributed by atoms with E-state index in [-0.39, 0.29) is 5.91 Å². The molecule has 0 bridgehead atoms. The van der Waals surface area contributed by atoms with Gasteiger partial charge in [0, 0.05) is 12.2 Å². The molecule has 0 aliphatic carbocycles. The number of nitrogens with two attached hydrogens (primary N) is 1. The van der Waals surface area contributed by atoms with Crippen LogP contribution in [0.2, 0.25) is 0 Å². The van der Waals surface area contributed by atoms with Crippen LogP contribution in [0.1, 0.15) is 43.0 Å². The summed E-state index contributed by atoms with van der Waals surface area (Å²) in [4.78, 5) is 12.0. The maximum absolute atomic E-state index is 12.0. The number of hydrogen-bond acceptors (Lipinski definition) is 3. The monoisotopic (exact) mass is 250 g/mol. The van der Waals surface area contributed by atoms with Gasteiger partial charge < -0.3 is 15.8 Å². The van der Waals surface area contributed by atoms with Crippen LogP contribution < -0.4 is 15.8 Å². The highest BCUT2D eigenvalue weighted by Gasteiger charge is 2.11. The lowest BCUT2D eigenvalue weighted by Crippen LogP contribution is -2.25. The van der Waals surface area contributed by atoms with Crippen LogP contribution in [0.25, 0.3) is 0 Å². The lowest BCUT2D eigenvalue weighted by atomic mass is 10.1. The summed E-state index contributed by atoms with van der Waals surface area (Å²) in [5.74, 6) is 0.422. The molecule has 0 unspecified atom stereocenters. The Morgan fingerprint density at radius 3 is 2.78 bits per heavy atom. The second-order valence-corrected chi connectivity index (χ2v) is 4.28. The number of unbranched alkanes of at least 4 members (excludes halogenated alkanes) is 3. The molecule has 1 amide bonds. The highest BCUT2D eigenvalue weighted by atomic mass is 16.5. The van der Waals surface area contributed by atoms with E-state index in [1.807, 2.05) is 0 Å². The smallest absolute Gasteiger partial charge is 0.255 e. The molecule has 0 aliphatic rings. The topological polar surface area (TPSA) is 64.4 Å². The molecular weight excluding hydrogens is 228 g/mol. The van der Waals surface area contributed by atoms with Crippen LogP contribution in [-0.4, -0.2) is 19.6 Å². The van der Waals surface area contributed by atoms with Crippen LogP contribution in [0.15, 0.2) is 18.2 Å². The first-order valence-electron chi connectivity index (χ1n) is 6.40. The van der Waals surface area contributed by atoms with Gasteiger partial charge in [-0.05, 0) is 24.6 Å². The van der Waals surface area contributed by atoms with Crippen LogP contribution in [0, 0.1) is 0 Å². The van der Waals surface area contributed by atoms with Crippen molar-refractivity contribution in [3.63, 3.8) is 0 Å². The van der Waals surface area contributed by atoms with E-state index in [0.717, 1.165) is 12.8 Å². The van der Waals surface area contributed by atoms with Crippen molar-refractivity contribution in [1.29, 1.82) is 0 Å². The number of carbonyl (C=O) groups excluding carboxylic acids is 1. The number of nitrogen functional groups attached to an aromatic ring is 1. The third-order valence-electron chi connectivity index (χ3n) is 2.78. The van der Waals surface area contributed by atoms with E-state index < -0.39 is 0 Å². The van der Waals surface area contributed by atoms with E-state index in [9.17, 15) is 4.79 Å². The molecule has 1 aromatic carbocycles. The zero-order chi connectivity index (χ0) is 13.4. The van der Waals surface area contributed by atoms with Gasteiger partial charge in [-0.3, -0.25) is 4.79 Å². The molecule has 18 heavy (non-hydrogen) atoms. The average Bonchev–Trinajstić information content (AvgIpc) is 2.38. The van der Waals surface area contributed by atoms with Crippen LogP contribution in [0.3, 0.4) is 0 Å². The molecule has 0 saturated carbocycles. The van der Waals surface area contributed by atoms with Gasteiger partial charge in [-0.25, -0.2) is 0 Å². The van der Waals surface area contributed by atoms with Crippen molar-refractivity contribution in [3.05, 3.63) is 23.8 Å². The third kappa shape index (κ3) is 4.28. The van der Waals surface area contributed by atoms with E-state index in [2.05, 4.69) is 12.2 Å². The molecule has 0 atom stereocenters. The second-order valence-electron chi connectivity index (χ2n) is 4.28. The highest BCUT2D eigenvalue weighted by molar-refractivity contribution is 5.97. The van der Waals surface area contributed by atoms with Crippen molar-refractivity contribution in [2.75, 3.05) is 19.4 Å². The molecule has 4 nitrogen and oxygen atoms in total. The summed E-state index contributed by atoms with van der Waals surface area (Å²) in [6.45, 7) is 2.85. The van der Waals surface area contributed by atoms with Gasteiger partial charge in [0.1, 0.15) is 5.75 Å². The molecule has 0 saturated heterocycles. The van der Waals surface area contributed by atoms with Crippen molar-refractivity contribution in [1.82, 2.24) is 5.32 Å². The fourth-order valence-corrected chi connectivity index (χ4v) is 1.75. The SMILES string of the molecule is CCCCCCNC(=O)c1cc(N)ccc1OC. The van der Waals surface area contributed by atoms with E-state index in [0.29, 0.717) is 23.5 Å². The maximum Gasteiger partial charge on any atom is 0.255 e. The molecule has 0 aliphatic heterocycles. The predicted octanol–water partition coefficient (Wildman–Crippen LogP) is 2.59. The van der Waals surface area contributed by atoms with Crippen molar-refractivity contribution in [2.45, 2.75) is 32.6 Å². The molecule has 4 heteroatoms. The zero-order valence-electron chi connectivity index (χ0n) is 11.2.